The van der Waals surface area contributed by atoms with E-state index in [4.69, 9.17) is 9.97 Å². The van der Waals surface area contributed by atoms with Crippen molar-refractivity contribution in [3.8, 4) is 0 Å². The monoisotopic (exact) mass is 266 g/mol. The average molecular weight is 266 g/mol. The minimum Gasteiger partial charge on any atom is -0.249 e. The number of fused-ring (bicyclic) bond motifs is 6. The Labute approximate surface area is 120 Å². The van der Waals surface area contributed by atoms with Crippen LogP contribution in [0.5, 0.6) is 0 Å². The van der Waals surface area contributed by atoms with E-state index in [0.29, 0.717) is 5.92 Å². The normalized spacial score (nSPS) is 29.9. The lowest BCUT2D eigenvalue weighted by Crippen LogP contribution is -2.31. The first-order valence-corrected chi connectivity index (χ1v) is 7.64. The van der Waals surface area contributed by atoms with E-state index in [9.17, 15) is 0 Å². The number of rotatable bonds is 0. The third kappa shape index (κ3) is 1.21. The zero-order valence-electron chi connectivity index (χ0n) is 13.0. The van der Waals surface area contributed by atoms with E-state index < -0.39 is 0 Å². The Hall–Kier alpha value is -1.44. The zero-order chi connectivity index (χ0) is 14.3. The highest BCUT2D eigenvalue weighted by Gasteiger charge is 2.61. The summed E-state index contributed by atoms with van der Waals surface area (Å²) in [6.07, 6.45) is 2.52. The van der Waals surface area contributed by atoms with Crippen LogP contribution < -0.4 is 0 Å². The van der Waals surface area contributed by atoms with Gasteiger partial charge in [-0.1, -0.05) is 20.8 Å². The Morgan fingerprint density at radius 3 is 2.25 bits per heavy atom. The number of hydrogen-bond acceptors (Lipinski definition) is 2. The van der Waals surface area contributed by atoms with Gasteiger partial charge >= 0.3 is 0 Å². The van der Waals surface area contributed by atoms with Gasteiger partial charge in [0.15, 0.2) is 0 Å². The van der Waals surface area contributed by atoms with E-state index in [0.717, 1.165) is 11.0 Å². The summed E-state index contributed by atoms with van der Waals surface area (Å²) in [5.41, 5.74) is 7.79. The summed E-state index contributed by atoms with van der Waals surface area (Å²) in [5, 5.41) is 0. The lowest BCUT2D eigenvalue weighted by Gasteiger charge is -2.34. The van der Waals surface area contributed by atoms with E-state index in [1.165, 1.54) is 35.4 Å². The topological polar surface area (TPSA) is 25.8 Å². The highest BCUT2D eigenvalue weighted by Crippen LogP contribution is 2.66. The minimum atomic E-state index is 0.201. The molecule has 0 spiro atoms. The number of hydrogen-bond donors (Lipinski definition) is 0. The van der Waals surface area contributed by atoms with Crippen LogP contribution in [0.3, 0.4) is 0 Å². The van der Waals surface area contributed by atoms with Gasteiger partial charge < -0.3 is 0 Å². The second-order valence-corrected chi connectivity index (χ2v) is 7.53. The van der Waals surface area contributed by atoms with E-state index in [1.807, 2.05) is 0 Å². The summed E-state index contributed by atoms with van der Waals surface area (Å²) < 4.78 is 0. The molecule has 1 aromatic heterocycles. The molecule has 1 heterocycles. The molecule has 1 saturated carbocycles. The fraction of sp³-hybridized carbons (Fsp3) is 0.556. The fourth-order valence-electron chi connectivity index (χ4n) is 4.38. The summed E-state index contributed by atoms with van der Waals surface area (Å²) in [6, 6.07) is 4.39. The first kappa shape index (κ1) is 12.3. The molecule has 2 nitrogen and oxygen atoms in total. The molecule has 2 bridgehead atoms. The van der Waals surface area contributed by atoms with Gasteiger partial charge in [0.2, 0.25) is 0 Å². The lowest BCUT2D eigenvalue weighted by molar-refractivity contribution is 0.227. The fourth-order valence-corrected chi connectivity index (χ4v) is 4.38. The summed E-state index contributed by atoms with van der Waals surface area (Å²) in [6.45, 7) is 11.5. The summed E-state index contributed by atoms with van der Waals surface area (Å²) in [5.74, 6) is 0.584. The van der Waals surface area contributed by atoms with Gasteiger partial charge in [-0.15, -0.1) is 0 Å². The summed E-state index contributed by atoms with van der Waals surface area (Å²) >= 11 is 0. The van der Waals surface area contributed by atoms with Crippen LogP contribution in [-0.4, -0.2) is 9.97 Å². The molecule has 1 aromatic carbocycles. The molecule has 0 N–H and O–H groups in total. The molecule has 2 atom stereocenters. The van der Waals surface area contributed by atoms with Crippen molar-refractivity contribution in [1.82, 2.24) is 9.97 Å². The predicted molar refractivity (Wildman–Crippen MR) is 82.1 cm³/mol. The second-order valence-electron chi connectivity index (χ2n) is 7.53. The van der Waals surface area contributed by atoms with Gasteiger partial charge in [0, 0.05) is 11.3 Å². The SMILES string of the molecule is Cc1cc2nc3c(nc2cc1C)C1(C)CCC3C1(C)C. The van der Waals surface area contributed by atoms with Crippen molar-refractivity contribution < 1.29 is 0 Å². The van der Waals surface area contributed by atoms with Crippen LogP contribution in [0, 0.1) is 19.3 Å². The Morgan fingerprint density at radius 1 is 1.00 bits per heavy atom. The van der Waals surface area contributed by atoms with Crippen molar-refractivity contribution in [1.29, 1.82) is 0 Å². The molecule has 2 aliphatic carbocycles. The molecule has 0 radical (unpaired) electrons. The van der Waals surface area contributed by atoms with Gasteiger partial charge in [-0.2, -0.15) is 0 Å². The summed E-state index contributed by atoms with van der Waals surface area (Å²) in [4.78, 5) is 10.1. The second kappa shape index (κ2) is 3.41. The van der Waals surface area contributed by atoms with E-state index in [2.05, 4.69) is 46.8 Å². The molecule has 104 valence electrons. The van der Waals surface area contributed by atoms with Crippen molar-refractivity contribution in [3.05, 3.63) is 34.6 Å². The third-order valence-corrected chi connectivity index (χ3v) is 6.39. The van der Waals surface area contributed by atoms with Gasteiger partial charge in [-0.25, -0.2) is 9.97 Å². The predicted octanol–water partition coefficient (Wildman–Crippen LogP) is 4.42. The Bertz CT molecular complexity index is 745. The van der Waals surface area contributed by atoms with Crippen molar-refractivity contribution in [2.24, 2.45) is 5.41 Å². The molecule has 2 unspecified atom stereocenters. The number of nitrogens with zero attached hydrogens (tertiary/aromatic N) is 2. The van der Waals surface area contributed by atoms with Crippen LogP contribution in [0.1, 0.15) is 62.0 Å². The van der Waals surface area contributed by atoms with E-state index in [1.54, 1.807) is 0 Å². The lowest BCUT2D eigenvalue weighted by atomic mass is 9.70. The molecular weight excluding hydrogens is 244 g/mol. The van der Waals surface area contributed by atoms with Gasteiger partial charge in [0.1, 0.15) is 0 Å². The number of aromatic nitrogens is 2. The van der Waals surface area contributed by atoms with Gasteiger partial charge in [0.25, 0.3) is 0 Å². The number of benzene rings is 1. The van der Waals surface area contributed by atoms with Crippen molar-refractivity contribution in [2.75, 3.05) is 0 Å². The molecule has 2 heteroatoms. The maximum Gasteiger partial charge on any atom is 0.0893 e. The molecule has 2 aromatic rings. The van der Waals surface area contributed by atoms with E-state index in [-0.39, 0.29) is 10.8 Å². The zero-order valence-corrected chi connectivity index (χ0v) is 13.0. The molecule has 0 amide bonds. The minimum absolute atomic E-state index is 0.201. The molecule has 0 aliphatic heterocycles. The van der Waals surface area contributed by atoms with Crippen molar-refractivity contribution >= 4 is 11.0 Å². The highest BCUT2D eigenvalue weighted by atomic mass is 14.9. The Kier molecular flexibility index (Phi) is 2.10. The molecule has 2 aliphatic rings. The standard InChI is InChI=1S/C18H22N2/c1-10-8-13-14(9-11(10)2)20-16-15(19-13)12-6-7-18(16,5)17(12,3)4/h8-9,12H,6-7H2,1-5H3. The van der Waals surface area contributed by atoms with Crippen molar-refractivity contribution in [2.45, 2.75) is 58.8 Å². The van der Waals surface area contributed by atoms with Gasteiger partial charge in [0.05, 0.1) is 22.4 Å². The van der Waals surface area contributed by atoms with Crippen LogP contribution in [0.2, 0.25) is 0 Å². The smallest absolute Gasteiger partial charge is 0.0893 e. The van der Waals surface area contributed by atoms with Crippen LogP contribution in [0.15, 0.2) is 12.1 Å². The van der Waals surface area contributed by atoms with E-state index >= 15 is 0 Å². The highest BCUT2D eigenvalue weighted by molar-refractivity contribution is 5.77. The largest absolute Gasteiger partial charge is 0.249 e. The maximum atomic E-state index is 5.05. The van der Waals surface area contributed by atoms with Crippen LogP contribution >= 0.6 is 0 Å². The van der Waals surface area contributed by atoms with Crippen LogP contribution in [-0.2, 0) is 5.41 Å². The van der Waals surface area contributed by atoms with Gasteiger partial charge in [-0.3, -0.25) is 0 Å². The average Bonchev–Trinajstić information content (AvgIpc) is 2.69. The first-order valence-electron chi connectivity index (χ1n) is 7.64. The Balaban J connectivity index is 2.06. The third-order valence-electron chi connectivity index (χ3n) is 6.39. The quantitative estimate of drug-likeness (QED) is 0.705. The molecule has 0 saturated heterocycles. The molecule has 4 rings (SSSR count). The molecule has 1 fully saturated rings. The van der Waals surface area contributed by atoms with Crippen molar-refractivity contribution in [3.63, 3.8) is 0 Å². The summed E-state index contributed by atoms with van der Waals surface area (Å²) in [7, 11) is 0. The molecular formula is C18H22N2. The first-order chi connectivity index (χ1) is 9.34. The van der Waals surface area contributed by atoms with Crippen LogP contribution in [0.4, 0.5) is 0 Å². The van der Waals surface area contributed by atoms with Gasteiger partial charge in [-0.05, 0) is 55.4 Å². The Morgan fingerprint density at radius 2 is 1.60 bits per heavy atom. The molecule has 20 heavy (non-hydrogen) atoms. The van der Waals surface area contributed by atoms with Crippen LogP contribution in [0.25, 0.3) is 11.0 Å². The maximum absolute atomic E-state index is 5.05. The number of aryl methyl sites for hydroxylation is 2.